The van der Waals surface area contributed by atoms with Crippen LogP contribution >= 0.6 is 11.6 Å². The second-order valence-electron chi connectivity index (χ2n) is 7.58. The molecule has 0 radical (unpaired) electrons. The minimum Gasteiger partial charge on any atom is -0.507 e. The normalized spacial score (nSPS) is 17.7. The minimum atomic E-state index is -4.73. The average molecular weight is 506 g/mol. The number of Topliss-reactive ketones (excluding diaryl/α,β-unsaturated/α-hetero) is 1. The van der Waals surface area contributed by atoms with Crippen LogP contribution in [0.4, 0.5) is 23.2 Å². The first kappa shape index (κ1) is 24.3. The molecule has 0 aromatic heterocycles. The molecule has 1 saturated heterocycles. The van der Waals surface area contributed by atoms with Crippen LogP contribution in [0.5, 0.6) is 5.75 Å². The molecule has 3 aromatic carbocycles. The van der Waals surface area contributed by atoms with E-state index in [9.17, 15) is 32.3 Å². The van der Waals surface area contributed by atoms with Crippen molar-refractivity contribution < 1.29 is 37.0 Å². The van der Waals surface area contributed by atoms with E-state index in [1.54, 1.807) is 0 Å². The van der Waals surface area contributed by atoms with Crippen molar-refractivity contribution in [3.8, 4) is 5.75 Å². The Morgan fingerprint density at radius 2 is 1.74 bits per heavy atom. The van der Waals surface area contributed by atoms with Gasteiger partial charge >= 0.3 is 6.18 Å². The number of carbonyl (C=O) groups excluding carboxylic acids is 2. The van der Waals surface area contributed by atoms with Crippen LogP contribution in [0.15, 0.2) is 72.3 Å². The van der Waals surface area contributed by atoms with Gasteiger partial charge in [-0.25, -0.2) is 4.39 Å². The standard InChI is InChI=1S/C25H16ClF4NO4/c1-35-19-10-9-14(26)12-17(19)22(32)20-21(16-7-2-3-8-18(16)27)31(24(34)23(20)33)15-6-4-5-13(11-15)25(28,29)30/h2-12,21,32H,1H3/b22-20+. The summed E-state index contributed by atoms with van der Waals surface area (Å²) >= 11 is 6.03. The quantitative estimate of drug-likeness (QED) is 0.200. The second-order valence-corrected chi connectivity index (χ2v) is 8.02. The summed E-state index contributed by atoms with van der Waals surface area (Å²) in [6.07, 6.45) is -4.73. The third-order valence-electron chi connectivity index (χ3n) is 5.51. The highest BCUT2D eigenvalue weighted by atomic mass is 35.5. The fraction of sp³-hybridized carbons (Fsp3) is 0.120. The SMILES string of the molecule is COc1ccc(Cl)cc1/C(O)=C1\C(=O)C(=O)N(c2cccc(C(F)(F)F)c2)C1c1ccccc1F. The highest BCUT2D eigenvalue weighted by Gasteiger charge is 2.48. The number of ether oxygens (including phenoxy) is 1. The summed E-state index contributed by atoms with van der Waals surface area (Å²) in [6, 6.07) is 11.5. The lowest BCUT2D eigenvalue weighted by molar-refractivity contribution is -0.137. The molecule has 35 heavy (non-hydrogen) atoms. The Bertz CT molecular complexity index is 1370. The van der Waals surface area contributed by atoms with Gasteiger partial charge in [-0.3, -0.25) is 14.5 Å². The number of rotatable bonds is 4. The molecular weight excluding hydrogens is 490 g/mol. The summed E-state index contributed by atoms with van der Waals surface area (Å²) in [7, 11) is 1.30. The number of aliphatic hydroxyl groups is 1. The van der Waals surface area contributed by atoms with Crippen molar-refractivity contribution in [2.24, 2.45) is 0 Å². The first-order chi connectivity index (χ1) is 16.5. The van der Waals surface area contributed by atoms with Crippen LogP contribution < -0.4 is 9.64 Å². The highest BCUT2D eigenvalue weighted by Crippen LogP contribution is 2.45. The number of hydrogen-bond donors (Lipinski definition) is 1. The van der Waals surface area contributed by atoms with E-state index in [2.05, 4.69) is 0 Å². The zero-order valence-corrected chi connectivity index (χ0v) is 18.7. The van der Waals surface area contributed by atoms with E-state index >= 15 is 0 Å². The lowest BCUT2D eigenvalue weighted by Crippen LogP contribution is -2.30. The molecule has 3 aromatic rings. The fourth-order valence-corrected chi connectivity index (χ4v) is 4.10. The van der Waals surface area contributed by atoms with Crippen LogP contribution in [-0.2, 0) is 15.8 Å². The fourth-order valence-electron chi connectivity index (χ4n) is 3.93. The lowest BCUT2D eigenvalue weighted by atomic mass is 9.94. The molecule has 1 heterocycles. The molecule has 180 valence electrons. The van der Waals surface area contributed by atoms with E-state index < -0.39 is 46.6 Å². The van der Waals surface area contributed by atoms with Gasteiger partial charge in [0, 0.05) is 16.3 Å². The topological polar surface area (TPSA) is 66.8 Å². The number of benzene rings is 3. The molecular formula is C25H16ClF4NO4. The van der Waals surface area contributed by atoms with Crippen LogP contribution in [0.2, 0.25) is 5.02 Å². The van der Waals surface area contributed by atoms with Gasteiger partial charge in [0.2, 0.25) is 0 Å². The zero-order chi connectivity index (χ0) is 25.5. The number of alkyl halides is 3. The van der Waals surface area contributed by atoms with Gasteiger partial charge in [0.25, 0.3) is 11.7 Å². The lowest BCUT2D eigenvalue weighted by Gasteiger charge is -2.26. The Balaban J connectivity index is 2.01. The molecule has 1 aliphatic heterocycles. The van der Waals surface area contributed by atoms with Crippen molar-refractivity contribution >= 4 is 34.7 Å². The predicted octanol–water partition coefficient (Wildman–Crippen LogP) is 6.13. The van der Waals surface area contributed by atoms with Crippen molar-refractivity contribution in [2.75, 3.05) is 12.0 Å². The number of hydrogen-bond acceptors (Lipinski definition) is 4. The predicted molar refractivity (Wildman–Crippen MR) is 121 cm³/mol. The summed E-state index contributed by atoms with van der Waals surface area (Å²) in [5.74, 6) is -3.90. The number of amides is 1. The molecule has 1 amide bonds. The van der Waals surface area contributed by atoms with Crippen LogP contribution in [0, 0.1) is 5.82 Å². The van der Waals surface area contributed by atoms with E-state index in [0.717, 1.165) is 23.1 Å². The Morgan fingerprint density at radius 1 is 1.03 bits per heavy atom. The summed E-state index contributed by atoms with van der Waals surface area (Å²) in [5.41, 5.74) is -2.15. The highest BCUT2D eigenvalue weighted by molar-refractivity contribution is 6.51. The summed E-state index contributed by atoms with van der Waals surface area (Å²) < 4.78 is 60.2. The molecule has 1 aliphatic rings. The molecule has 1 atom stereocenters. The van der Waals surface area contributed by atoms with Crippen LogP contribution in [0.3, 0.4) is 0 Å². The van der Waals surface area contributed by atoms with Crippen LogP contribution in [0.1, 0.15) is 22.7 Å². The van der Waals surface area contributed by atoms with Gasteiger partial charge in [0.15, 0.2) is 0 Å². The molecule has 1 N–H and O–H groups in total. The maximum absolute atomic E-state index is 14.9. The smallest absolute Gasteiger partial charge is 0.416 e. The van der Waals surface area contributed by atoms with E-state index in [1.807, 2.05) is 0 Å². The van der Waals surface area contributed by atoms with Crippen molar-refractivity contribution in [1.29, 1.82) is 0 Å². The number of aliphatic hydroxyl groups excluding tert-OH is 1. The van der Waals surface area contributed by atoms with Gasteiger partial charge < -0.3 is 9.84 Å². The Hall–Kier alpha value is -3.85. The van der Waals surface area contributed by atoms with Crippen molar-refractivity contribution in [2.45, 2.75) is 12.2 Å². The number of anilines is 1. The first-order valence-corrected chi connectivity index (χ1v) is 10.5. The van der Waals surface area contributed by atoms with Crippen LogP contribution in [-0.4, -0.2) is 23.9 Å². The number of methoxy groups -OCH3 is 1. The maximum Gasteiger partial charge on any atom is 0.416 e. The van der Waals surface area contributed by atoms with Gasteiger partial charge in [0.05, 0.1) is 29.9 Å². The summed E-state index contributed by atoms with van der Waals surface area (Å²) in [4.78, 5) is 27.0. The average Bonchev–Trinajstić information content (AvgIpc) is 3.08. The summed E-state index contributed by atoms with van der Waals surface area (Å²) in [5, 5.41) is 11.3. The van der Waals surface area contributed by atoms with Crippen molar-refractivity contribution in [3.63, 3.8) is 0 Å². The number of carbonyl (C=O) groups is 2. The molecule has 0 aliphatic carbocycles. The third kappa shape index (κ3) is 4.35. The molecule has 0 spiro atoms. The van der Waals surface area contributed by atoms with Gasteiger partial charge in [-0.2, -0.15) is 13.2 Å². The molecule has 1 unspecified atom stereocenters. The van der Waals surface area contributed by atoms with Crippen LogP contribution in [0.25, 0.3) is 5.76 Å². The van der Waals surface area contributed by atoms with E-state index in [4.69, 9.17) is 16.3 Å². The molecule has 5 nitrogen and oxygen atoms in total. The number of halogens is 5. The Kier molecular flexibility index (Phi) is 6.29. The summed E-state index contributed by atoms with van der Waals surface area (Å²) in [6.45, 7) is 0. The molecule has 0 bridgehead atoms. The van der Waals surface area contributed by atoms with Crippen molar-refractivity contribution in [1.82, 2.24) is 0 Å². The van der Waals surface area contributed by atoms with Gasteiger partial charge in [0.1, 0.15) is 17.3 Å². The van der Waals surface area contributed by atoms with E-state index in [0.29, 0.717) is 6.07 Å². The van der Waals surface area contributed by atoms with Gasteiger partial charge in [-0.15, -0.1) is 0 Å². The zero-order valence-electron chi connectivity index (χ0n) is 17.9. The minimum absolute atomic E-state index is 0.0524. The molecule has 10 heteroatoms. The molecule has 1 fully saturated rings. The van der Waals surface area contributed by atoms with Gasteiger partial charge in [-0.05, 0) is 42.5 Å². The maximum atomic E-state index is 14.9. The Morgan fingerprint density at radius 3 is 2.40 bits per heavy atom. The molecule has 0 saturated carbocycles. The number of nitrogens with zero attached hydrogens (tertiary/aromatic N) is 1. The van der Waals surface area contributed by atoms with E-state index in [1.165, 1.54) is 49.6 Å². The van der Waals surface area contributed by atoms with E-state index in [-0.39, 0.29) is 27.6 Å². The number of ketones is 1. The molecule has 4 rings (SSSR count). The largest absolute Gasteiger partial charge is 0.507 e. The van der Waals surface area contributed by atoms with Gasteiger partial charge in [-0.1, -0.05) is 35.9 Å². The third-order valence-corrected chi connectivity index (χ3v) is 5.75. The monoisotopic (exact) mass is 505 g/mol. The first-order valence-electron chi connectivity index (χ1n) is 10.1. The Labute approximate surface area is 201 Å². The second kappa shape index (κ2) is 9.07. The van der Waals surface area contributed by atoms with Crippen molar-refractivity contribution in [3.05, 3.63) is 99.8 Å².